The number of hydrogen-bond donors (Lipinski definition) is 1. The third-order valence-corrected chi connectivity index (χ3v) is 3.32. The highest BCUT2D eigenvalue weighted by atomic mass is 79.9. The molecule has 0 saturated heterocycles. The van der Waals surface area contributed by atoms with Gasteiger partial charge in [0.1, 0.15) is 0 Å². The van der Waals surface area contributed by atoms with Crippen LogP contribution in [0.5, 0.6) is 0 Å². The third-order valence-electron chi connectivity index (χ3n) is 2.83. The van der Waals surface area contributed by atoms with Gasteiger partial charge in [-0.1, -0.05) is 34.1 Å². The number of benzene rings is 2. The van der Waals surface area contributed by atoms with Crippen molar-refractivity contribution in [1.82, 2.24) is 0 Å². The number of anilines is 1. The summed E-state index contributed by atoms with van der Waals surface area (Å²) >= 11 is 2.92. The van der Waals surface area contributed by atoms with Crippen molar-refractivity contribution < 1.29 is 26.3 Å². The Kier molecular flexibility index (Phi) is 6.65. The summed E-state index contributed by atoms with van der Waals surface area (Å²) < 4.78 is 73.7. The van der Waals surface area contributed by atoms with Crippen molar-refractivity contribution in [3.05, 3.63) is 74.8 Å². The summed E-state index contributed by atoms with van der Waals surface area (Å²) in [5.41, 5.74) is 2.48. The van der Waals surface area contributed by atoms with Gasteiger partial charge in [0.15, 0.2) is 11.4 Å². The number of nitrogens with two attached hydrogens (primary N) is 1. The van der Waals surface area contributed by atoms with Crippen molar-refractivity contribution >= 4 is 33.0 Å². The second-order valence-corrected chi connectivity index (χ2v) is 5.57. The molecule has 0 unspecified atom stereocenters. The molecular formula is C16H8BrF6N3. The molecule has 0 aromatic heterocycles. The Labute approximate surface area is 152 Å². The Morgan fingerprint density at radius 1 is 0.769 bits per heavy atom. The maximum Gasteiger partial charge on any atom is 0.407 e. The molecule has 136 valence electrons. The summed E-state index contributed by atoms with van der Waals surface area (Å²) in [7, 11) is 0. The number of rotatable bonds is 0. The van der Waals surface area contributed by atoms with Crippen LogP contribution in [-0.2, 0) is 12.4 Å². The second-order valence-electron chi connectivity index (χ2n) is 4.66. The Morgan fingerprint density at radius 3 is 1.62 bits per heavy atom. The van der Waals surface area contributed by atoms with Crippen molar-refractivity contribution in [3.8, 4) is 0 Å². The highest BCUT2D eigenvalue weighted by Crippen LogP contribution is 2.38. The van der Waals surface area contributed by atoms with Gasteiger partial charge in [0.05, 0.1) is 24.3 Å². The Hall–Kier alpha value is -2.72. The molecule has 0 aliphatic carbocycles. The molecule has 0 aliphatic heterocycles. The van der Waals surface area contributed by atoms with Crippen molar-refractivity contribution in [1.29, 1.82) is 0 Å². The van der Waals surface area contributed by atoms with Crippen LogP contribution in [0.1, 0.15) is 11.1 Å². The predicted molar refractivity (Wildman–Crippen MR) is 87.5 cm³/mol. The highest BCUT2D eigenvalue weighted by Gasteiger charge is 2.34. The van der Waals surface area contributed by atoms with Gasteiger partial charge in [-0.2, -0.15) is 26.3 Å². The van der Waals surface area contributed by atoms with Crippen molar-refractivity contribution in [2.75, 3.05) is 5.73 Å². The zero-order valence-corrected chi connectivity index (χ0v) is 14.2. The fourth-order valence-corrected chi connectivity index (χ4v) is 2.07. The first-order chi connectivity index (χ1) is 11.9. The summed E-state index contributed by atoms with van der Waals surface area (Å²) in [4.78, 5) is 5.54. The van der Waals surface area contributed by atoms with E-state index in [2.05, 4.69) is 25.6 Å². The van der Waals surface area contributed by atoms with E-state index in [-0.39, 0.29) is 11.4 Å². The average molecular weight is 436 g/mol. The number of halogens is 7. The van der Waals surface area contributed by atoms with Crippen molar-refractivity contribution in [2.24, 2.45) is 0 Å². The molecule has 0 amide bonds. The van der Waals surface area contributed by atoms with E-state index in [0.717, 1.165) is 24.3 Å². The maximum atomic E-state index is 12.3. The molecule has 2 aromatic rings. The van der Waals surface area contributed by atoms with E-state index in [0.29, 0.717) is 4.47 Å². The van der Waals surface area contributed by atoms with Crippen LogP contribution in [0.15, 0.2) is 40.9 Å². The van der Waals surface area contributed by atoms with Crippen molar-refractivity contribution in [2.45, 2.75) is 12.4 Å². The molecule has 0 atom stereocenters. The Bertz CT molecular complexity index is 802. The summed E-state index contributed by atoms with van der Waals surface area (Å²) in [5, 5.41) is 0. The topological polar surface area (TPSA) is 34.7 Å². The average Bonchev–Trinajstić information content (AvgIpc) is 2.54. The Balaban J connectivity index is 0.000000260. The van der Waals surface area contributed by atoms with E-state index in [1.54, 1.807) is 0 Å². The van der Waals surface area contributed by atoms with E-state index in [1.165, 1.54) is 12.1 Å². The SMILES string of the molecule is [C-]#[N+]c1ccc(Br)cc1C(F)(F)F.[C-]#[N+]c1ccc(N)cc1C(F)(F)F. The van der Waals surface area contributed by atoms with Crippen LogP contribution in [0.2, 0.25) is 0 Å². The van der Waals surface area contributed by atoms with Crippen molar-refractivity contribution in [3.63, 3.8) is 0 Å². The molecule has 0 heterocycles. The molecule has 2 rings (SSSR count). The number of nitrogens with zero attached hydrogens (tertiary/aromatic N) is 2. The monoisotopic (exact) mass is 435 g/mol. The van der Waals surface area contributed by atoms with Gasteiger partial charge >= 0.3 is 12.4 Å². The van der Waals surface area contributed by atoms with Crippen LogP contribution < -0.4 is 5.73 Å². The second kappa shape index (κ2) is 8.11. The van der Waals surface area contributed by atoms with Gasteiger partial charge in [-0.05, 0) is 18.2 Å². The van der Waals surface area contributed by atoms with Crippen LogP contribution in [0.3, 0.4) is 0 Å². The first kappa shape index (κ1) is 21.3. The molecule has 2 aromatic carbocycles. The van der Waals surface area contributed by atoms with Gasteiger partial charge in [-0.15, -0.1) is 0 Å². The van der Waals surface area contributed by atoms with E-state index < -0.39 is 29.2 Å². The first-order valence-electron chi connectivity index (χ1n) is 6.48. The summed E-state index contributed by atoms with van der Waals surface area (Å²) in [6, 6.07) is 6.52. The lowest BCUT2D eigenvalue weighted by molar-refractivity contribution is -0.137. The minimum atomic E-state index is -4.52. The predicted octanol–water partition coefficient (Wildman–Crippen LogP) is 6.86. The van der Waals surface area contributed by atoms with E-state index >= 15 is 0 Å². The lowest BCUT2D eigenvalue weighted by Crippen LogP contribution is -2.05. The summed E-state index contributed by atoms with van der Waals surface area (Å²) in [5.74, 6) is 0. The van der Waals surface area contributed by atoms with Gasteiger partial charge in [0, 0.05) is 10.2 Å². The van der Waals surface area contributed by atoms with Crippen LogP contribution in [0, 0.1) is 13.1 Å². The molecule has 0 fully saturated rings. The standard InChI is InChI=1S/C8H3BrF3N.C8H5F3N2/c1-13-7-3-2-5(9)4-6(7)8(10,11)12;1-13-7-3-2-5(12)4-6(7)8(9,10)11/h2-4H;2-4H,12H2. The summed E-state index contributed by atoms with van der Waals surface area (Å²) in [6.45, 7) is 13.1. The molecule has 26 heavy (non-hydrogen) atoms. The molecule has 3 nitrogen and oxygen atoms in total. The van der Waals surface area contributed by atoms with Crippen LogP contribution in [0.25, 0.3) is 9.69 Å². The van der Waals surface area contributed by atoms with Crippen LogP contribution in [-0.4, -0.2) is 0 Å². The quantitative estimate of drug-likeness (QED) is 0.274. The molecule has 0 saturated carbocycles. The lowest BCUT2D eigenvalue weighted by atomic mass is 10.1. The zero-order chi connectivity index (χ0) is 20.1. The molecular weight excluding hydrogens is 428 g/mol. The Morgan fingerprint density at radius 2 is 1.19 bits per heavy atom. The van der Waals surface area contributed by atoms with Gasteiger partial charge in [0.25, 0.3) is 0 Å². The minimum Gasteiger partial charge on any atom is -0.399 e. The maximum absolute atomic E-state index is 12.3. The van der Waals surface area contributed by atoms with Crippen LogP contribution in [0.4, 0.5) is 43.4 Å². The molecule has 2 N–H and O–H groups in total. The molecule has 10 heteroatoms. The first-order valence-corrected chi connectivity index (χ1v) is 7.28. The largest absolute Gasteiger partial charge is 0.407 e. The molecule has 0 aliphatic rings. The van der Waals surface area contributed by atoms with Crippen LogP contribution >= 0.6 is 15.9 Å². The summed E-state index contributed by atoms with van der Waals surface area (Å²) in [6.07, 6.45) is -8.99. The highest BCUT2D eigenvalue weighted by molar-refractivity contribution is 9.10. The van der Waals surface area contributed by atoms with Gasteiger partial charge < -0.3 is 5.73 Å². The van der Waals surface area contributed by atoms with Gasteiger partial charge in [-0.3, -0.25) is 0 Å². The number of nitrogen functional groups attached to an aromatic ring is 1. The number of hydrogen-bond acceptors (Lipinski definition) is 1. The molecule has 0 spiro atoms. The van der Waals surface area contributed by atoms with E-state index in [1.807, 2.05) is 0 Å². The minimum absolute atomic E-state index is 0.000255. The fraction of sp³-hybridized carbons (Fsp3) is 0.125. The van der Waals surface area contributed by atoms with Gasteiger partial charge in [0.2, 0.25) is 0 Å². The van der Waals surface area contributed by atoms with E-state index in [4.69, 9.17) is 18.9 Å². The van der Waals surface area contributed by atoms with E-state index in [9.17, 15) is 26.3 Å². The normalized spacial score (nSPS) is 11.0. The molecule has 0 radical (unpaired) electrons. The fourth-order valence-electron chi connectivity index (χ4n) is 1.71. The third kappa shape index (κ3) is 5.67. The zero-order valence-electron chi connectivity index (χ0n) is 12.6. The smallest absolute Gasteiger partial charge is 0.399 e. The number of alkyl halides is 6. The lowest BCUT2D eigenvalue weighted by Gasteiger charge is -2.08. The molecule has 0 bridgehead atoms. The van der Waals surface area contributed by atoms with Gasteiger partial charge in [-0.25, -0.2) is 9.69 Å².